The van der Waals surface area contributed by atoms with Crippen molar-refractivity contribution < 1.29 is 0 Å². The van der Waals surface area contributed by atoms with E-state index in [0.717, 1.165) is 42.8 Å². The van der Waals surface area contributed by atoms with Gasteiger partial charge in [0.05, 0.1) is 5.52 Å². The number of nitrogens with zero attached hydrogens (tertiary/aromatic N) is 4. The molecule has 2 aromatic rings. The third kappa shape index (κ3) is 4.78. The van der Waals surface area contributed by atoms with Gasteiger partial charge < -0.3 is 15.1 Å². The number of para-hydroxylation sites is 1. The van der Waals surface area contributed by atoms with Crippen molar-refractivity contribution in [3.8, 4) is 0 Å². The molecule has 6 heteroatoms. The minimum Gasteiger partial charge on any atom is -0.363 e. The highest BCUT2D eigenvalue weighted by atomic mass is 127. The number of aliphatic imine (C=N–C) groups is 1. The second-order valence-corrected chi connectivity index (χ2v) is 7.12. The molecule has 0 unspecified atom stereocenters. The van der Waals surface area contributed by atoms with Gasteiger partial charge in [0.15, 0.2) is 5.96 Å². The summed E-state index contributed by atoms with van der Waals surface area (Å²) in [6, 6.07) is 10.5. The molecule has 1 fully saturated rings. The first-order valence-corrected chi connectivity index (χ1v) is 9.10. The number of piperidine rings is 1. The maximum Gasteiger partial charge on any atom is 0.193 e. The Morgan fingerprint density at radius 2 is 1.96 bits per heavy atom. The zero-order valence-corrected chi connectivity index (χ0v) is 18.5. The number of halogens is 1. The second-order valence-electron chi connectivity index (χ2n) is 7.12. The fourth-order valence-corrected chi connectivity index (χ4v) is 3.33. The topological polar surface area (TPSA) is 43.8 Å². The van der Waals surface area contributed by atoms with E-state index in [-0.39, 0.29) is 24.0 Å². The van der Waals surface area contributed by atoms with Crippen molar-refractivity contribution in [1.29, 1.82) is 0 Å². The van der Waals surface area contributed by atoms with Crippen molar-refractivity contribution in [2.24, 2.45) is 10.9 Å². The van der Waals surface area contributed by atoms with Crippen LogP contribution in [0.2, 0.25) is 0 Å². The number of hydrogen-bond donors (Lipinski definition) is 1. The molecule has 1 aromatic heterocycles. The van der Waals surface area contributed by atoms with Crippen LogP contribution >= 0.6 is 24.0 Å². The maximum absolute atomic E-state index is 4.74. The van der Waals surface area contributed by atoms with Crippen molar-refractivity contribution in [3.05, 3.63) is 35.9 Å². The molecule has 0 bridgehead atoms. The zero-order chi connectivity index (χ0) is 17.8. The van der Waals surface area contributed by atoms with Gasteiger partial charge in [-0.1, -0.05) is 25.1 Å². The third-order valence-electron chi connectivity index (χ3n) is 4.98. The van der Waals surface area contributed by atoms with E-state index in [4.69, 9.17) is 4.98 Å². The average Bonchev–Trinajstić information content (AvgIpc) is 2.63. The SMILES string of the molecule is CN=C(NCc1cc(N(C)C)nc2ccccc12)N1CCC(C)CC1.I. The van der Waals surface area contributed by atoms with Crippen LogP contribution in [0.5, 0.6) is 0 Å². The molecule has 1 N–H and O–H groups in total. The van der Waals surface area contributed by atoms with E-state index in [2.05, 4.69) is 51.3 Å². The van der Waals surface area contributed by atoms with Gasteiger partial charge >= 0.3 is 0 Å². The van der Waals surface area contributed by atoms with Gasteiger partial charge in [-0.05, 0) is 36.5 Å². The van der Waals surface area contributed by atoms with E-state index in [1.165, 1.54) is 23.8 Å². The molecular formula is C20H30IN5. The maximum atomic E-state index is 4.74. The minimum absolute atomic E-state index is 0. The molecule has 142 valence electrons. The Hall–Kier alpha value is -1.57. The molecule has 0 radical (unpaired) electrons. The van der Waals surface area contributed by atoms with Crippen LogP contribution in [0.15, 0.2) is 35.3 Å². The lowest BCUT2D eigenvalue weighted by atomic mass is 9.99. The summed E-state index contributed by atoms with van der Waals surface area (Å²) in [6.07, 6.45) is 2.48. The van der Waals surface area contributed by atoms with Gasteiger partial charge in [-0.15, -0.1) is 24.0 Å². The molecule has 0 aliphatic carbocycles. The van der Waals surface area contributed by atoms with Gasteiger partial charge in [0.2, 0.25) is 0 Å². The van der Waals surface area contributed by atoms with Gasteiger partial charge in [-0.2, -0.15) is 0 Å². The quantitative estimate of drug-likeness (QED) is 0.425. The Morgan fingerprint density at radius 3 is 2.62 bits per heavy atom. The molecule has 0 saturated carbocycles. The van der Waals surface area contributed by atoms with Gasteiger partial charge in [-0.3, -0.25) is 4.99 Å². The summed E-state index contributed by atoms with van der Waals surface area (Å²) < 4.78 is 0. The number of pyridine rings is 1. The number of anilines is 1. The van der Waals surface area contributed by atoms with Crippen LogP contribution < -0.4 is 10.2 Å². The fraction of sp³-hybridized carbons (Fsp3) is 0.500. The largest absolute Gasteiger partial charge is 0.363 e. The Kier molecular flexibility index (Phi) is 7.49. The second kappa shape index (κ2) is 9.39. The fourth-order valence-electron chi connectivity index (χ4n) is 3.33. The molecule has 1 aliphatic rings. The third-order valence-corrected chi connectivity index (χ3v) is 4.98. The summed E-state index contributed by atoms with van der Waals surface area (Å²) in [4.78, 5) is 13.7. The highest BCUT2D eigenvalue weighted by molar-refractivity contribution is 14.0. The van der Waals surface area contributed by atoms with Crippen LogP contribution in [0.25, 0.3) is 10.9 Å². The van der Waals surface area contributed by atoms with E-state index in [9.17, 15) is 0 Å². The standard InChI is InChI=1S/C20H29N5.HI/c1-15-9-11-25(12-10-15)20(21-2)22-14-16-13-19(24(3)4)23-18-8-6-5-7-17(16)18;/h5-8,13,15H,9-12,14H2,1-4H3,(H,21,22);1H. The van der Waals surface area contributed by atoms with Crippen molar-refractivity contribution in [2.45, 2.75) is 26.3 Å². The van der Waals surface area contributed by atoms with E-state index < -0.39 is 0 Å². The average molecular weight is 467 g/mol. The first-order valence-electron chi connectivity index (χ1n) is 9.10. The van der Waals surface area contributed by atoms with Crippen LogP contribution in [0.1, 0.15) is 25.3 Å². The molecule has 1 aliphatic heterocycles. The predicted molar refractivity (Wildman–Crippen MR) is 122 cm³/mol. The number of guanidine groups is 1. The summed E-state index contributed by atoms with van der Waals surface area (Å²) in [5.41, 5.74) is 2.29. The van der Waals surface area contributed by atoms with E-state index in [1.807, 2.05) is 27.2 Å². The van der Waals surface area contributed by atoms with Gasteiger partial charge in [-0.25, -0.2) is 4.98 Å². The number of aromatic nitrogens is 1. The molecule has 3 rings (SSSR count). The van der Waals surface area contributed by atoms with Gasteiger partial charge in [0, 0.05) is 46.2 Å². The van der Waals surface area contributed by atoms with Crippen LogP contribution in [0.4, 0.5) is 5.82 Å². The Morgan fingerprint density at radius 1 is 1.27 bits per heavy atom. The van der Waals surface area contributed by atoms with E-state index >= 15 is 0 Å². The lowest BCUT2D eigenvalue weighted by Crippen LogP contribution is -2.45. The summed E-state index contributed by atoms with van der Waals surface area (Å²) >= 11 is 0. The zero-order valence-electron chi connectivity index (χ0n) is 16.2. The van der Waals surface area contributed by atoms with Crippen molar-refractivity contribution in [1.82, 2.24) is 15.2 Å². The molecule has 0 amide bonds. The first-order chi connectivity index (χ1) is 12.1. The summed E-state index contributed by atoms with van der Waals surface area (Å²) in [6.45, 7) is 5.25. The van der Waals surface area contributed by atoms with Crippen LogP contribution in [0, 0.1) is 5.92 Å². The summed E-state index contributed by atoms with van der Waals surface area (Å²) in [5.74, 6) is 2.80. The van der Waals surface area contributed by atoms with Crippen LogP contribution in [0.3, 0.4) is 0 Å². The Bertz CT molecular complexity index is 751. The number of nitrogens with one attached hydrogen (secondary N) is 1. The summed E-state index contributed by atoms with van der Waals surface area (Å²) in [7, 11) is 5.93. The van der Waals surface area contributed by atoms with Crippen molar-refractivity contribution in [2.75, 3.05) is 39.1 Å². The lowest BCUT2D eigenvalue weighted by Gasteiger charge is -2.33. The molecule has 5 nitrogen and oxygen atoms in total. The lowest BCUT2D eigenvalue weighted by molar-refractivity contribution is 0.273. The Labute approximate surface area is 173 Å². The van der Waals surface area contributed by atoms with Crippen molar-refractivity contribution >= 4 is 46.7 Å². The van der Waals surface area contributed by atoms with Crippen LogP contribution in [-0.2, 0) is 6.54 Å². The number of fused-ring (bicyclic) bond motifs is 1. The highest BCUT2D eigenvalue weighted by Crippen LogP contribution is 2.22. The smallest absolute Gasteiger partial charge is 0.193 e. The van der Waals surface area contributed by atoms with Gasteiger partial charge in [0.25, 0.3) is 0 Å². The molecule has 0 atom stereocenters. The normalized spacial score (nSPS) is 15.7. The number of hydrogen-bond acceptors (Lipinski definition) is 3. The molecule has 2 heterocycles. The highest BCUT2D eigenvalue weighted by Gasteiger charge is 2.18. The van der Waals surface area contributed by atoms with Crippen LogP contribution in [-0.4, -0.2) is 50.1 Å². The molecule has 1 aromatic carbocycles. The predicted octanol–water partition coefficient (Wildman–Crippen LogP) is 3.73. The van der Waals surface area contributed by atoms with Gasteiger partial charge in [0.1, 0.15) is 5.82 Å². The monoisotopic (exact) mass is 467 g/mol. The van der Waals surface area contributed by atoms with E-state index in [0.29, 0.717) is 0 Å². The molecular weight excluding hydrogens is 437 g/mol. The minimum atomic E-state index is 0. The number of benzene rings is 1. The first kappa shape index (κ1) is 20.7. The number of rotatable bonds is 3. The van der Waals surface area contributed by atoms with E-state index in [1.54, 1.807) is 0 Å². The molecule has 0 spiro atoms. The molecule has 26 heavy (non-hydrogen) atoms. The van der Waals surface area contributed by atoms with Crippen molar-refractivity contribution in [3.63, 3.8) is 0 Å². The molecule has 1 saturated heterocycles. The summed E-state index contributed by atoms with van der Waals surface area (Å²) in [5, 5.41) is 4.76. The Balaban J connectivity index is 0.00000243. The number of likely N-dealkylation sites (tertiary alicyclic amines) is 1.